The first kappa shape index (κ1) is 24.7. The van der Waals surface area contributed by atoms with E-state index in [0.29, 0.717) is 28.1 Å². The van der Waals surface area contributed by atoms with Gasteiger partial charge in [-0.3, -0.25) is 14.5 Å². The third-order valence-electron chi connectivity index (χ3n) is 5.55. The molecule has 2 aliphatic rings. The van der Waals surface area contributed by atoms with Gasteiger partial charge in [-0.2, -0.15) is 0 Å². The Bertz CT molecular complexity index is 1360. The zero-order valence-electron chi connectivity index (χ0n) is 19.3. The Hall–Kier alpha value is -3.99. The molecule has 2 aliphatic heterocycles. The molecule has 4 heterocycles. The maximum absolute atomic E-state index is 12.9. The number of aromatic nitrogens is 8. The quantitative estimate of drug-likeness (QED) is 0.238. The van der Waals surface area contributed by atoms with Crippen LogP contribution in [-0.2, 0) is 28.0 Å². The minimum absolute atomic E-state index is 0.0798. The molecule has 2 N–H and O–H groups in total. The van der Waals surface area contributed by atoms with E-state index in [-0.39, 0.29) is 24.6 Å². The number of amides is 2. The number of ether oxygens (including phenoxy) is 1. The number of nitrogens with one attached hydrogen (secondary N) is 1. The van der Waals surface area contributed by atoms with Gasteiger partial charge in [-0.05, 0) is 38.6 Å². The molecule has 0 spiro atoms. The second-order valence-electron chi connectivity index (χ2n) is 7.94. The van der Waals surface area contributed by atoms with Crippen molar-refractivity contribution in [3.8, 4) is 5.75 Å². The summed E-state index contributed by atoms with van der Waals surface area (Å²) in [6, 6.07) is 8.00. The Morgan fingerprint density at radius 3 is 2.73 bits per heavy atom. The van der Waals surface area contributed by atoms with Crippen molar-refractivity contribution in [1.82, 2.24) is 50.6 Å². The number of hydrogen-bond acceptors (Lipinski definition) is 12. The van der Waals surface area contributed by atoms with Crippen molar-refractivity contribution in [2.24, 2.45) is 7.05 Å². The molecule has 0 aliphatic carbocycles. The zero-order valence-corrected chi connectivity index (χ0v) is 20.9. The fraction of sp³-hybridized carbons (Fsp3) is 0.350. The summed E-state index contributed by atoms with van der Waals surface area (Å²) in [7, 11) is 1.70. The van der Waals surface area contributed by atoms with Gasteiger partial charge in [-0.1, -0.05) is 30.0 Å². The summed E-state index contributed by atoms with van der Waals surface area (Å²) in [6.07, 6.45) is 0. The standard InChI is InChI=1S/C20H20N10O5S2/c1-28-13(22-24-26-28)7-29-20(23-25-27-29)37-10-11-9-36-18-15(17(32)30(18)16(11)19(33)34)21-14(31)8-35-12-5-3-2-4-6-12/h2-6,15,18H,7-10H2,1H3,(H,21,31)(H,33,34)/t15-,18-/m1/s1. The van der Waals surface area contributed by atoms with E-state index in [0.717, 1.165) is 0 Å². The Morgan fingerprint density at radius 2 is 2.00 bits per heavy atom. The van der Waals surface area contributed by atoms with Crippen molar-refractivity contribution >= 4 is 41.3 Å². The van der Waals surface area contributed by atoms with Gasteiger partial charge in [0, 0.05) is 18.6 Å². The topological polar surface area (TPSA) is 183 Å². The number of β-lactam (4-membered cyclic amide) rings is 1. The molecule has 2 aromatic heterocycles. The molecule has 0 saturated carbocycles. The minimum atomic E-state index is -1.21. The molecule has 17 heteroatoms. The number of tetrazole rings is 2. The number of rotatable bonds is 10. The maximum Gasteiger partial charge on any atom is 0.352 e. The van der Waals surface area contributed by atoms with E-state index in [2.05, 4.69) is 36.4 Å². The Balaban J connectivity index is 1.22. The second-order valence-corrected chi connectivity index (χ2v) is 9.99. The first-order chi connectivity index (χ1) is 17.9. The number of aliphatic carboxylic acids is 1. The highest BCUT2D eigenvalue weighted by Gasteiger charge is 2.54. The molecule has 192 valence electrons. The van der Waals surface area contributed by atoms with Gasteiger partial charge in [0.1, 0.15) is 29.4 Å². The van der Waals surface area contributed by atoms with Crippen LogP contribution in [0.5, 0.6) is 5.75 Å². The van der Waals surface area contributed by atoms with Crippen molar-refractivity contribution < 1.29 is 24.2 Å². The molecular formula is C20H20N10O5S2. The van der Waals surface area contributed by atoms with E-state index >= 15 is 0 Å². The summed E-state index contributed by atoms with van der Waals surface area (Å²) in [6.45, 7) is -0.0196. The summed E-state index contributed by atoms with van der Waals surface area (Å²) < 4.78 is 8.43. The van der Waals surface area contributed by atoms with Crippen molar-refractivity contribution in [3.63, 3.8) is 0 Å². The lowest BCUT2D eigenvalue weighted by molar-refractivity contribution is -0.150. The van der Waals surface area contributed by atoms with Crippen LogP contribution in [0, 0.1) is 0 Å². The normalized spacial score (nSPS) is 18.8. The first-order valence-electron chi connectivity index (χ1n) is 10.9. The van der Waals surface area contributed by atoms with Crippen molar-refractivity contribution in [3.05, 3.63) is 47.4 Å². The maximum atomic E-state index is 12.9. The van der Waals surface area contributed by atoms with Crippen LogP contribution in [0.4, 0.5) is 0 Å². The largest absolute Gasteiger partial charge is 0.484 e. The molecule has 2 atom stereocenters. The molecule has 37 heavy (non-hydrogen) atoms. The van der Waals surface area contributed by atoms with Gasteiger partial charge >= 0.3 is 5.97 Å². The van der Waals surface area contributed by atoms with E-state index in [1.165, 1.54) is 37.8 Å². The fourth-order valence-electron chi connectivity index (χ4n) is 3.74. The number of carbonyl (C=O) groups is 3. The van der Waals surface area contributed by atoms with E-state index in [1.807, 2.05) is 6.07 Å². The molecule has 1 fully saturated rings. The number of aryl methyl sites for hydroxylation is 1. The second kappa shape index (κ2) is 10.6. The van der Waals surface area contributed by atoms with Crippen LogP contribution in [0.1, 0.15) is 5.82 Å². The average Bonchev–Trinajstić information content (AvgIpc) is 3.53. The number of carboxylic acid groups (broad SMARTS) is 1. The summed E-state index contributed by atoms with van der Waals surface area (Å²) in [4.78, 5) is 38.5. The summed E-state index contributed by atoms with van der Waals surface area (Å²) in [5, 5.41) is 35.4. The van der Waals surface area contributed by atoms with Crippen LogP contribution >= 0.6 is 23.5 Å². The number of carbonyl (C=O) groups excluding carboxylic acids is 2. The van der Waals surface area contributed by atoms with Gasteiger partial charge in [0.05, 0.1) is 0 Å². The molecule has 0 bridgehead atoms. The molecule has 15 nitrogen and oxygen atoms in total. The number of thioether (sulfide) groups is 2. The monoisotopic (exact) mass is 544 g/mol. The third-order valence-corrected chi connectivity index (χ3v) is 7.94. The predicted octanol–water partition coefficient (Wildman–Crippen LogP) is -0.845. The highest BCUT2D eigenvalue weighted by Crippen LogP contribution is 2.41. The molecule has 1 aromatic carbocycles. The number of hydrogen-bond donors (Lipinski definition) is 2. The van der Waals surface area contributed by atoms with Crippen LogP contribution in [-0.4, -0.2) is 97.7 Å². The van der Waals surface area contributed by atoms with Crippen LogP contribution in [0.3, 0.4) is 0 Å². The first-order valence-corrected chi connectivity index (χ1v) is 12.9. The highest BCUT2D eigenvalue weighted by molar-refractivity contribution is 8.01. The molecule has 1 saturated heterocycles. The van der Waals surface area contributed by atoms with Gasteiger partial charge < -0.3 is 15.2 Å². The fourth-order valence-corrected chi connectivity index (χ4v) is 6.10. The average molecular weight is 545 g/mol. The number of para-hydroxylation sites is 1. The van der Waals surface area contributed by atoms with Crippen LogP contribution in [0.25, 0.3) is 0 Å². The molecule has 0 unspecified atom stereocenters. The number of fused-ring (bicyclic) bond motifs is 1. The minimum Gasteiger partial charge on any atom is -0.484 e. The number of nitrogens with zero attached hydrogens (tertiary/aromatic N) is 9. The van der Waals surface area contributed by atoms with E-state index < -0.39 is 29.2 Å². The Labute approximate surface area is 217 Å². The van der Waals surface area contributed by atoms with Crippen LogP contribution in [0.15, 0.2) is 46.8 Å². The lowest BCUT2D eigenvalue weighted by Crippen LogP contribution is -2.70. The van der Waals surface area contributed by atoms with E-state index in [9.17, 15) is 19.5 Å². The third kappa shape index (κ3) is 5.12. The van der Waals surface area contributed by atoms with Gasteiger partial charge in [0.15, 0.2) is 12.4 Å². The number of benzene rings is 1. The predicted molar refractivity (Wildman–Crippen MR) is 128 cm³/mol. The van der Waals surface area contributed by atoms with Gasteiger partial charge in [-0.15, -0.1) is 22.0 Å². The molecular weight excluding hydrogens is 524 g/mol. The van der Waals surface area contributed by atoms with Gasteiger partial charge in [0.25, 0.3) is 11.8 Å². The molecule has 0 radical (unpaired) electrons. The van der Waals surface area contributed by atoms with Gasteiger partial charge in [-0.25, -0.2) is 14.2 Å². The summed E-state index contributed by atoms with van der Waals surface area (Å²) in [5.41, 5.74) is 0.475. The molecule has 5 rings (SSSR count). The Kier molecular flexibility index (Phi) is 7.04. The van der Waals surface area contributed by atoms with Crippen LogP contribution in [0.2, 0.25) is 0 Å². The lowest BCUT2D eigenvalue weighted by atomic mass is 10.0. The molecule has 3 aromatic rings. The van der Waals surface area contributed by atoms with E-state index in [4.69, 9.17) is 4.74 Å². The van der Waals surface area contributed by atoms with E-state index in [1.54, 1.807) is 31.3 Å². The van der Waals surface area contributed by atoms with Crippen molar-refractivity contribution in [1.29, 1.82) is 0 Å². The Morgan fingerprint density at radius 1 is 1.22 bits per heavy atom. The van der Waals surface area contributed by atoms with Gasteiger partial charge in [0.2, 0.25) is 5.16 Å². The highest BCUT2D eigenvalue weighted by atomic mass is 32.2. The summed E-state index contributed by atoms with van der Waals surface area (Å²) in [5.74, 6) is -0.460. The zero-order chi connectivity index (χ0) is 25.9. The smallest absolute Gasteiger partial charge is 0.352 e. The van der Waals surface area contributed by atoms with Crippen LogP contribution < -0.4 is 10.1 Å². The molecule has 2 amide bonds. The lowest BCUT2D eigenvalue weighted by Gasteiger charge is -2.49. The van der Waals surface area contributed by atoms with Crippen molar-refractivity contribution in [2.45, 2.75) is 23.1 Å². The number of carboxylic acids is 1. The SMILES string of the molecule is Cn1nnnc1Cn1nnnc1SCC1=C(C(=O)O)N2C(=O)[C@@H](NC(=O)COc3ccccc3)[C@H]2SC1. The summed E-state index contributed by atoms with van der Waals surface area (Å²) >= 11 is 2.63. The van der Waals surface area contributed by atoms with Crippen molar-refractivity contribution in [2.75, 3.05) is 18.1 Å².